The molecule has 4 N–H and O–H groups in total. The summed E-state index contributed by atoms with van der Waals surface area (Å²) in [5.41, 5.74) is 9.07. The number of hydrogen-bond acceptors (Lipinski definition) is 6. The predicted octanol–water partition coefficient (Wildman–Crippen LogP) is 6.18. The lowest BCUT2D eigenvalue weighted by atomic mass is 9.82. The molecule has 3 aliphatic rings. The van der Waals surface area contributed by atoms with Crippen molar-refractivity contribution in [3.8, 4) is 0 Å². The Balaban J connectivity index is 1.26. The maximum Gasteiger partial charge on any atom is 0.264 e. The van der Waals surface area contributed by atoms with E-state index in [2.05, 4.69) is 5.32 Å². The molecule has 9 nitrogen and oxygen atoms in total. The standard InChI is InChI=1S/C40H43FN4O5Si/c1-25-37(51(2,3)41)35(21-36(47)44-23-29-12-8-7-11-28(29)19-32(44)24-46)50-40(25)33-20-31(43-38(48)27-13-15-30(42)16-14-27)17-18-34(33)45(39(40)49)22-26-9-5-4-6-10-26/h4-18,20,25,32,35,37,46H,19,21-24,42H2,1-3H3,(H,43,48)/t25-,32+,35+,37-,40+/m1/s1. The quantitative estimate of drug-likeness (QED) is 0.114. The van der Waals surface area contributed by atoms with E-state index < -0.39 is 37.6 Å². The van der Waals surface area contributed by atoms with Crippen molar-refractivity contribution in [1.82, 2.24) is 4.90 Å². The lowest BCUT2D eigenvalue weighted by molar-refractivity contribution is -0.151. The molecule has 0 saturated carbocycles. The van der Waals surface area contributed by atoms with Gasteiger partial charge in [-0.1, -0.05) is 61.5 Å². The topological polar surface area (TPSA) is 125 Å². The van der Waals surface area contributed by atoms with E-state index in [1.165, 1.54) is 0 Å². The Bertz CT molecular complexity index is 1970. The van der Waals surface area contributed by atoms with Gasteiger partial charge in [-0.2, -0.15) is 0 Å². The van der Waals surface area contributed by atoms with E-state index in [9.17, 15) is 19.5 Å². The molecule has 3 aliphatic heterocycles. The minimum Gasteiger partial charge on any atom is -0.399 e. The first kappa shape index (κ1) is 34.6. The zero-order valence-corrected chi connectivity index (χ0v) is 30.0. The van der Waals surface area contributed by atoms with Crippen molar-refractivity contribution in [2.45, 2.75) is 69.2 Å². The Morgan fingerprint density at radius 3 is 2.37 bits per heavy atom. The molecule has 1 spiro atoms. The van der Waals surface area contributed by atoms with Gasteiger partial charge in [-0.15, -0.1) is 0 Å². The van der Waals surface area contributed by atoms with Gasteiger partial charge in [0.25, 0.3) is 11.8 Å². The van der Waals surface area contributed by atoms with Crippen LogP contribution in [0.2, 0.25) is 18.6 Å². The summed E-state index contributed by atoms with van der Waals surface area (Å²) in [5.74, 6) is -1.56. The van der Waals surface area contributed by atoms with Crippen molar-refractivity contribution in [3.05, 3.63) is 125 Å². The third-order valence-electron chi connectivity index (χ3n) is 10.8. The normalized spacial score (nSPS) is 24.1. The van der Waals surface area contributed by atoms with Crippen molar-refractivity contribution in [1.29, 1.82) is 0 Å². The molecule has 4 aromatic carbocycles. The number of rotatable bonds is 8. The summed E-state index contributed by atoms with van der Waals surface area (Å²) in [7, 11) is -3.57. The van der Waals surface area contributed by atoms with Crippen LogP contribution in [0.3, 0.4) is 0 Å². The third-order valence-corrected chi connectivity index (χ3v) is 13.3. The molecule has 0 aromatic heterocycles. The van der Waals surface area contributed by atoms with E-state index in [4.69, 9.17) is 10.5 Å². The number of anilines is 3. The highest BCUT2D eigenvalue weighted by atomic mass is 28.4. The van der Waals surface area contributed by atoms with E-state index in [1.54, 1.807) is 65.4 Å². The molecule has 11 heteroatoms. The van der Waals surface area contributed by atoms with Crippen LogP contribution in [-0.2, 0) is 39.4 Å². The zero-order valence-electron chi connectivity index (χ0n) is 29.0. The highest BCUT2D eigenvalue weighted by Crippen LogP contribution is 2.60. The first-order chi connectivity index (χ1) is 24.4. The molecular weight excluding hydrogens is 664 g/mol. The Morgan fingerprint density at radius 2 is 1.69 bits per heavy atom. The van der Waals surface area contributed by atoms with Crippen LogP contribution in [0.25, 0.3) is 0 Å². The van der Waals surface area contributed by atoms with Crippen LogP contribution in [0.15, 0.2) is 97.1 Å². The van der Waals surface area contributed by atoms with Crippen molar-refractivity contribution >= 4 is 43.2 Å². The van der Waals surface area contributed by atoms with Crippen LogP contribution < -0.4 is 16.0 Å². The summed E-state index contributed by atoms with van der Waals surface area (Å²) in [4.78, 5) is 45.6. The van der Waals surface area contributed by atoms with Crippen molar-refractivity contribution in [2.24, 2.45) is 5.92 Å². The van der Waals surface area contributed by atoms with Gasteiger partial charge in [0.2, 0.25) is 14.3 Å². The number of nitrogens with zero attached hydrogens (tertiary/aromatic N) is 2. The average molecular weight is 707 g/mol. The van der Waals surface area contributed by atoms with Gasteiger partial charge in [-0.05, 0) is 78.7 Å². The Hall–Kier alpha value is -4.84. The number of nitrogens with two attached hydrogens (primary N) is 1. The Kier molecular flexibility index (Phi) is 9.07. The van der Waals surface area contributed by atoms with Gasteiger partial charge in [-0.3, -0.25) is 14.4 Å². The van der Waals surface area contributed by atoms with E-state index in [1.807, 2.05) is 61.5 Å². The summed E-state index contributed by atoms with van der Waals surface area (Å²) >= 11 is 0. The molecule has 0 radical (unpaired) electrons. The van der Waals surface area contributed by atoms with Crippen molar-refractivity contribution in [3.63, 3.8) is 0 Å². The summed E-state index contributed by atoms with van der Waals surface area (Å²) in [6.45, 7) is 5.45. The number of nitrogen functional groups attached to an aromatic ring is 1. The molecule has 3 heterocycles. The molecule has 1 fully saturated rings. The van der Waals surface area contributed by atoms with Crippen LogP contribution in [0.1, 0.15) is 46.0 Å². The number of nitrogens with one attached hydrogen (secondary N) is 1. The van der Waals surface area contributed by atoms with Crippen LogP contribution in [-0.4, -0.2) is 54.9 Å². The molecule has 4 aromatic rings. The Labute approximate surface area is 298 Å². The lowest BCUT2D eigenvalue weighted by Gasteiger charge is -2.37. The monoisotopic (exact) mass is 706 g/mol. The second-order valence-electron chi connectivity index (χ2n) is 14.5. The fourth-order valence-electron chi connectivity index (χ4n) is 8.42. The molecule has 0 bridgehead atoms. The molecule has 51 heavy (non-hydrogen) atoms. The van der Waals surface area contributed by atoms with Crippen molar-refractivity contribution in [2.75, 3.05) is 22.6 Å². The fraction of sp³-hybridized carbons (Fsp3) is 0.325. The average Bonchev–Trinajstić information content (AvgIpc) is 3.54. The highest BCUT2D eigenvalue weighted by molar-refractivity contribution is 6.72. The number of halogens is 1. The first-order valence-electron chi connectivity index (χ1n) is 17.4. The zero-order chi connectivity index (χ0) is 36.1. The molecule has 7 rings (SSSR count). The number of hydrogen-bond donors (Lipinski definition) is 3. The Morgan fingerprint density at radius 1 is 1.00 bits per heavy atom. The number of aliphatic hydroxyl groups is 1. The number of aliphatic hydroxyl groups excluding tert-OH is 1. The molecule has 3 amide bonds. The third kappa shape index (κ3) is 6.23. The van der Waals surface area contributed by atoms with Crippen LogP contribution in [0.5, 0.6) is 0 Å². The SMILES string of the molecule is C[C@@H]1[C@@H]([Si](C)(C)F)[C@H](CC(=O)N2Cc3ccccc3C[C@H]2CO)O[C@@]12C(=O)N(Cc1ccccc1)c1ccc(NC(=O)c3ccc(N)cc3)cc12. The van der Waals surface area contributed by atoms with Gasteiger partial charge in [-0.25, -0.2) is 0 Å². The summed E-state index contributed by atoms with van der Waals surface area (Å²) in [5, 5.41) is 13.2. The maximum absolute atomic E-state index is 16.6. The summed E-state index contributed by atoms with van der Waals surface area (Å²) < 4.78 is 23.5. The fourth-order valence-corrected chi connectivity index (χ4v) is 10.9. The van der Waals surface area contributed by atoms with Crippen LogP contribution >= 0.6 is 0 Å². The van der Waals surface area contributed by atoms with E-state index in [0.717, 1.165) is 16.7 Å². The number of ether oxygens (including phenoxy) is 1. The number of carbonyl (C=O) groups is 3. The van der Waals surface area contributed by atoms with E-state index in [-0.39, 0.29) is 37.3 Å². The highest BCUT2D eigenvalue weighted by Gasteiger charge is 2.67. The minimum absolute atomic E-state index is 0.134. The molecular formula is C40H43FN4O5Si. The van der Waals surface area contributed by atoms with Crippen LogP contribution in [0, 0.1) is 5.92 Å². The maximum atomic E-state index is 16.6. The van der Waals surface area contributed by atoms with Gasteiger partial charge in [0.05, 0.1) is 37.4 Å². The van der Waals surface area contributed by atoms with Gasteiger partial charge in [0.15, 0.2) is 5.60 Å². The second-order valence-corrected chi connectivity index (χ2v) is 18.3. The van der Waals surface area contributed by atoms with Crippen LogP contribution in [0.4, 0.5) is 21.2 Å². The molecule has 1 saturated heterocycles. The minimum atomic E-state index is -3.57. The van der Waals surface area contributed by atoms with Gasteiger partial charge in [0, 0.05) is 40.5 Å². The van der Waals surface area contributed by atoms with Crippen molar-refractivity contribution < 1.29 is 28.3 Å². The number of fused-ring (bicyclic) bond motifs is 3. The largest absolute Gasteiger partial charge is 0.399 e. The summed E-state index contributed by atoms with van der Waals surface area (Å²) in [6.07, 6.45) is -0.510. The lowest BCUT2D eigenvalue weighted by Crippen LogP contribution is -2.48. The second kappa shape index (κ2) is 13.4. The van der Waals surface area contributed by atoms with Gasteiger partial charge >= 0.3 is 0 Å². The number of carbonyl (C=O) groups excluding carboxylic acids is 3. The number of amides is 3. The number of benzene rings is 4. The van der Waals surface area contributed by atoms with Gasteiger partial charge in [0.1, 0.15) is 0 Å². The van der Waals surface area contributed by atoms with E-state index in [0.29, 0.717) is 41.2 Å². The van der Waals surface area contributed by atoms with E-state index >= 15 is 4.11 Å². The first-order valence-corrected chi connectivity index (χ1v) is 20.4. The molecule has 0 unspecified atom stereocenters. The summed E-state index contributed by atoms with van der Waals surface area (Å²) in [6, 6.07) is 28.9. The smallest absolute Gasteiger partial charge is 0.264 e. The van der Waals surface area contributed by atoms with Gasteiger partial charge < -0.3 is 34.8 Å². The predicted molar refractivity (Wildman–Crippen MR) is 197 cm³/mol. The molecule has 0 aliphatic carbocycles. The molecule has 5 atom stereocenters. The molecule has 264 valence electrons.